The van der Waals surface area contributed by atoms with Gasteiger partial charge in [-0.05, 0) is 45.0 Å². The smallest absolute Gasteiger partial charge is 0.248 e. The molecule has 0 saturated heterocycles. The van der Waals surface area contributed by atoms with Gasteiger partial charge in [-0.3, -0.25) is 9.97 Å². The molecule has 0 N–H and O–H groups in total. The molecule has 1 atom stereocenters. The number of aromatic nitrogens is 2. The number of fused-ring (bicyclic) bond motifs is 2. The van der Waals surface area contributed by atoms with Gasteiger partial charge in [0.25, 0.3) is 0 Å². The summed E-state index contributed by atoms with van der Waals surface area (Å²) < 4.78 is 47.0. The van der Waals surface area contributed by atoms with E-state index in [1.807, 2.05) is 0 Å². The number of hydrogen-bond donors (Lipinski definition) is 0. The lowest BCUT2D eigenvalue weighted by Gasteiger charge is -2.49. The van der Waals surface area contributed by atoms with Crippen molar-refractivity contribution in [2.24, 2.45) is 0 Å². The Morgan fingerprint density at radius 3 is 2.57 bits per heavy atom. The lowest BCUT2D eigenvalue weighted by Crippen LogP contribution is -2.60. The fourth-order valence-electron chi connectivity index (χ4n) is 3.66. The molecule has 0 saturated carbocycles. The van der Waals surface area contributed by atoms with Gasteiger partial charge >= 0.3 is 0 Å². The van der Waals surface area contributed by atoms with Gasteiger partial charge in [-0.2, -0.15) is 0 Å². The van der Waals surface area contributed by atoms with E-state index in [1.165, 1.54) is 23.7 Å². The summed E-state index contributed by atoms with van der Waals surface area (Å²) in [6.07, 6.45) is 2.97. The van der Waals surface area contributed by atoms with Crippen LogP contribution in [0.15, 0.2) is 48.8 Å². The summed E-state index contributed by atoms with van der Waals surface area (Å²) in [7, 11) is -2.45. The van der Waals surface area contributed by atoms with Gasteiger partial charge in [-0.25, -0.2) is 17.1 Å². The van der Waals surface area contributed by atoms with Crippen molar-refractivity contribution in [1.29, 1.82) is 0 Å². The monoisotopic (exact) mass is 401 g/mol. The molecule has 0 bridgehead atoms. The molecule has 146 valence electrons. The van der Waals surface area contributed by atoms with Crippen LogP contribution in [0.3, 0.4) is 0 Å². The van der Waals surface area contributed by atoms with Crippen molar-refractivity contribution >= 4 is 32.3 Å². The van der Waals surface area contributed by atoms with Crippen molar-refractivity contribution in [3.05, 3.63) is 60.3 Å². The van der Waals surface area contributed by atoms with Crippen LogP contribution in [-0.4, -0.2) is 30.2 Å². The van der Waals surface area contributed by atoms with Crippen LogP contribution in [-0.2, 0) is 20.4 Å². The van der Waals surface area contributed by atoms with E-state index in [0.717, 1.165) is 0 Å². The maximum Gasteiger partial charge on any atom is 0.248 e. The zero-order chi connectivity index (χ0) is 20.3. The molecule has 28 heavy (non-hydrogen) atoms. The van der Waals surface area contributed by atoms with E-state index in [2.05, 4.69) is 9.97 Å². The Morgan fingerprint density at radius 1 is 1.11 bits per heavy atom. The Balaban J connectivity index is 2.05. The Labute approximate surface area is 163 Å². The van der Waals surface area contributed by atoms with Crippen LogP contribution in [0.25, 0.3) is 10.9 Å². The van der Waals surface area contributed by atoms with E-state index in [0.29, 0.717) is 22.5 Å². The molecule has 3 aromatic rings. The van der Waals surface area contributed by atoms with Gasteiger partial charge < -0.3 is 4.74 Å². The topological polar surface area (TPSA) is 72.4 Å². The van der Waals surface area contributed by atoms with E-state index < -0.39 is 26.2 Å². The Hall–Kier alpha value is -2.58. The molecule has 1 aliphatic heterocycles. The number of benzene rings is 1. The summed E-state index contributed by atoms with van der Waals surface area (Å²) in [5.74, 6) is -0.458. The fourth-order valence-corrected chi connectivity index (χ4v) is 5.57. The first-order chi connectivity index (χ1) is 13.1. The van der Waals surface area contributed by atoms with Crippen LogP contribution in [0.4, 0.5) is 15.8 Å². The van der Waals surface area contributed by atoms with E-state index in [9.17, 15) is 12.8 Å². The van der Waals surface area contributed by atoms with Gasteiger partial charge in [0.2, 0.25) is 10.0 Å². The van der Waals surface area contributed by atoms with Gasteiger partial charge in [-0.1, -0.05) is 12.1 Å². The number of nitrogens with zero attached hydrogens (tertiary/aromatic N) is 3. The largest absolute Gasteiger partial charge is 0.370 e. The molecule has 0 spiro atoms. The van der Waals surface area contributed by atoms with Crippen LogP contribution >= 0.6 is 0 Å². The Kier molecular flexibility index (Phi) is 3.99. The van der Waals surface area contributed by atoms with Crippen molar-refractivity contribution in [2.75, 3.05) is 11.4 Å². The predicted molar refractivity (Wildman–Crippen MR) is 105 cm³/mol. The van der Waals surface area contributed by atoms with Crippen molar-refractivity contribution in [3.8, 4) is 0 Å². The average Bonchev–Trinajstić information content (AvgIpc) is 2.67. The van der Waals surface area contributed by atoms with Gasteiger partial charge in [0.1, 0.15) is 21.7 Å². The van der Waals surface area contributed by atoms with E-state index >= 15 is 0 Å². The fraction of sp³-hybridized carbons (Fsp3) is 0.300. The summed E-state index contributed by atoms with van der Waals surface area (Å²) in [6, 6.07) is 9.55. The molecule has 0 fully saturated rings. The molecule has 8 heteroatoms. The van der Waals surface area contributed by atoms with Crippen molar-refractivity contribution in [2.45, 2.75) is 31.1 Å². The first kappa shape index (κ1) is 18.8. The predicted octanol–water partition coefficient (Wildman–Crippen LogP) is 3.89. The number of methoxy groups -OCH3 is 1. The second-order valence-corrected chi connectivity index (χ2v) is 9.73. The van der Waals surface area contributed by atoms with Gasteiger partial charge in [0, 0.05) is 18.7 Å². The minimum atomic E-state index is -3.93. The van der Waals surface area contributed by atoms with Crippen molar-refractivity contribution in [3.63, 3.8) is 0 Å². The number of pyridine rings is 2. The number of rotatable bonds is 2. The lowest BCUT2D eigenvalue weighted by atomic mass is 9.86. The third kappa shape index (κ3) is 2.24. The zero-order valence-corrected chi connectivity index (χ0v) is 16.8. The maximum absolute atomic E-state index is 14.0. The molecular formula is C20H20FN3O3S. The molecule has 1 aliphatic rings. The molecule has 0 amide bonds. The summed E-state index contributed by atoms with van der Waals surface area (Å²) in [4.78, 5) is 8.61. The van der Waals surface area contributed by atoms with E-state index in [-0.39, 0.29) is 5.52 Å². The number of anilines is 2. The Morgan fingerprint density at radius 2 is 1.86 bits per heavy atom. The second-order valence-electron chi connectivity index (χ2n) is 7.39. The van der Waals surface area contributed by atoms with E-state index in [4.69, 9.17) is 4.74 Å². The lowest BCUT2D eigenvalue weighted by molar-refractivity contribution is -0.0306. The first-order valence-electron chi connectivity index (χ1n) is 8.75. The maximum atomic E-state index is 14.0. The summed E-state index contributed by atoms with van der Waals surface area (Å²) in [5.41, 5.74) is 0.252. The van der Waals surface area contributed by atoms with Crippen LogP contribution in [0.1, 0.15) is 26.5 Å². The molecule has 1 unspecified atom stereocenters. The summed E-state index contributed by atoms with van der Waals surface area (Å²) in [5, 5.41) is 0.510. The molecule has 0 aliphatic carbocycles. The van der Waals surface area contributed by atoms with Gasteiger partial charge in [0.15, 0.2) is 0 Å². The minimum Gasteiger partial charge on any atom is -0.370 e. The van der Waals surface area contributed by atoms with Crippen LogP contribution < -0.4 is 4.31 Å². The molecule has 6 nitrogen and oxygen atoms in total. The highest BCUT2D eigenvalue weighted by Gasteiger charge is 2.60. The highest BCUT2D eigenvalue weighted by Crippen LogP contribution is 2.52. The van der Waals surface area contributed by atoms with Crippen molar-refractivity contribution < 1.29 is 17.5 Å². The third-order valence-corrected chi connectivity index (χ3v) is 8.35. The van der Waals surface area contributed by atoms with Gasteiger partial charge in [0.05, 0.1) is 23.3 Å². The van der Waals surface area contributed by atoms with Crippen LogP contribution in [0, 0.1) is 5.82 Å². The first-order valence-corrected chi connectivity index (χ1v) is 10.2. The number of hydrogen-bond acceptors (Lipinski definition) is 5. The SMILES string of the molecule is COC1(C)c2ncccc2N(c2cnc3c(F)cccc3c2)S(=O)(=O)C1(C)C. The molecular weight excluding hydrogens is 381 g/mol. The normalized spacial score (nSPS) is 22.8. The third-order valence-electron chi connectivity index (χ3n) is 5.78. The quantitative estimate of drug-likeness (QED) is 0.651. The highest BCUT2D eigenvalue weighted by molar-refractivity contribution is 7.94. The molecule has 2 aromatic heterocycles. The molecule has 3 heterocycles. The second kappa shape index (κ2) is 5.96. The van der Waals surface area contributed by atoms with Crippen LogP contribution in [0.2, 0.25) is 0 Å². The molecule has 4 rings (SSSR count). The molecule has 1 aromatic carbocycles. The van der Waals surface area contributed by atoms with Crippen LogP contribution in [0.5, 0.6) is 0 Å². The Bertz CT molecular complexity index is 1200. The standard InChI is InChI=1S/C20H20FN3O3S/c1-19(2)20(3,27-4)18-16(9-6-10-22-18)24(28(19,25)26)14-11-13-7-5-8-15(21)17(13)23-12-14/h5-12H,1-4H3. The highest BCUT2D eigenvalue weighted by atomic mass is 32.2. The number of halogens is 1. The van der Waals surface area contributed by atoms with Crippen molar-refractivity contribution in [1.82, 2.24) is 9.97 Å². The summed E-state index contributed by atoms with van der Waals surface area (Å²) in [6.45, 7) is 4.96. The minimum absolute atomic E-state index is 0.188. The zero-order valence-electron chi connectivity index (χ0n) is 16.0. The number of ether oxygens (including phenoxy) is 1. The summed E-state index contributed by atoms with van der Waals surface area (Å²) >= 11 is 0. The van der Waals surface area contributed by atoms with Gasteiger partial charge in [-0.15, -0.1) is 0 Å². The number of sulfonamides is 1. The average molecular weight is 401 g/mol. The van der Waals surface area contributed by atoms with E-state index in [1.54, 1.807) is 57.3 Å². The number of para-hydroxylation sites is 1. The molecule has 0 radical (unpaired) electrons.